The molecule has 1 N–H and O–H groups in total. The highest BCUT2D eigenvalue weighted by Gasteiger charge is 2.28. The predicted molar refractivity (Wildman–Crippen MR) is 143 cm³/mol. The zero-order valence-corrected chi connectivity index (χ0v) is 21.1. The van der Waals surface area contributed by atoms with E-state index in [0.717, 1.165) is 24.1 Å². The molecule has 0 saturated carbocycles. The van der Waals surface area contributed by atoms with Crippen molar-refractivity contribution in [1.29, 1.82) is 0 Å². The maximum Gasteiger partial charge on any atom is 0.255 e. The zero-order chi connectivity index (χ0) is 25.8. The van der Waals surface area contributed by atoms with E-state index in [2.05, 4.69) is 29.3 Å². The molecule has 2 amide bonds. The van der Waals surface area contributed by atoms with Gasteiger partial charge in [0.2, 0.25) is 11.7 Å². The molecule has 0 bridgehead atoms. The van der Waals surface area contributed by atoms with Gasteiger partial charge in [-0.2, -0.15) is 4.98 Å². The van der Waals surface area contributed by atoms with Crippen molar-refractivity contribution in [3.05, 3.63) is 101 Å². The standard InChI is InChI=1S/C30H30N4O3/c1-20(2)21-12-14-26(15-13-21)31-28(35)23-10-8-22(9-11-23)27-32-29(37-33-27)24-16-18-34(19-17-24)30(36)25-6-4-3-5-7-25/h3-15,20,24H,16-19H2,1-2H3,(H,31,35). The summed E-state index contributed by atoms with van der Waals surface area (Å²) in [5.74, 6) is 1.53. The molecule has 1 aliphatic rings. The summed E-state index contributed by atoms with van der Waals surface area (Å²) in [6, 6.07) is 24.4. The van der Waals surface area contributed by atoms with Gasteiger partial charge in [-0.1, -0.05) is 61.5 Å². The van der Waals surface area contributed by atoms with E-state index < -0.39 is 0 Å². The van der Waals surface area contributed by atoms with E-state index in [4.69, 9.17) is 4.52 Å². The molecule has 0 radical (unpaired) electrons. The van der Waals surface area contributed by atoms with E-state index in [0.29, 0.717) is 41.8 Å². The number of likely N-dealkylation sites (tertiary alicyclic amines) is 1. The highest BCUT2D eigenvalue weighted by molar-refractivity contribution is 6.04. The maximum atomic E-state index is 12.7. The number of anilines is 1. The summed E-state index contributed by atoms with van der Waals surface area (Å²) in [6.07, 6.45) is 1.55. The van der Waals surface area contributed by atoms with Crippen LogP contribution in [0.4, 0.5) is 5.69 Å². The van der Waals surface area contributed by atoms with Crippen molar-refractivity contribution in [1.82, 2.24) is 15.0 Å². The monoisotopic (exact) mass is 494 g/mol. The van der Waals surface area contributed by atoms with Crippen molar-refractivity contribution in [2.24, 2.45) is 0 Å². The summed E-state index contributed by atoms with van der Waals surface area (Å²) >= 11 is 0. The Bertz CT molecular complexity index is 1350. The molecule has 7 heteroatoms. The van der Waals surface area contributed by atoms with Crippen LogP contribution in [0, 0.1) is 0 Å². The van der Waals surface area contributed by atoms with E-state index in [9.17, 15) is 9.59 Å². The summed E-state index contributed by atoms with van der Waals surface area (Å²) < 4.78 is 5.58. The fourth-order valence-corrected chi connectivity index (χ4v) is 4.54. The number of hydrogen-bond donors (Lipinski definition) is 1. The second kappa shape index (κ2) is 10.8. The van der Waals surface area contributed by atoms with Gasteiger partial charge in [0, 0.05) is 41.4 Å². The zero-order valence-electron chi connectivity index (χ0n) is 21.1. The van der Waals surface area contributed by atoms with Crippen LogP contribution in [0.2, 0.25) is 0 Å². The van der Waals surface area contributed by atoms with Gasteiger partial charge in [0.1, 0.15) is 0 Å². The Morgan fingerprint density at radius 1 is 0.892 bits per heavy atom. The van der Waals surface area contributed by atoms with Gasteiger partial charge in [0.15, 0.2) is 0 Å². The number of piperidine rings is 1. The summed E-state index contributed by atoms with van der Waals surface area (Å²) in [5.41, 5.74) is 4.04. The minimum Gasteiger partial charge on any atom is -0.339 e. The van der Waals surface area contributed by atoms with Crippen LogP contribution >= 0.6 is 0 Å². The third kappa shape index (κ3) is 5.61. The van der Waals surface area contributed by atoms with Crippen LogP contribution in [0.25, 0.3) is 11.4 Å². The van der Waals surface area contributed by atoms with Gasteiger partial charge in [-0.05, 0) is 60.7 Å². The molecule has 188 valence electrons. The number of nitrogens with zero attached hydrogens (tertiary/aromatic N) is 3. The van der Waals surface area contributed by atoms with Crippen molar-refractivity contribution in [3.63, 3.8) is 0 Å². The average Bonchev–Trinajstić information content (AvgIpc) is 3.44. The Labute approximate surface area is 216 Å². The molecule has 5 rings (SSSR count). The molecule has 4 aromatic rings. The van der Waals surface area contributed by atoms with Gasteiger partial charge >= 0.3 is 0 Å². The first-order chi connectivity index (χ1) is 18.0. The smallest absolute Gasteiger partial charge is 0.255 e. The lowest BCUT2D eigenvalue weighted by Crippen LogP contribution is -2.37. The summed E-state index contributed by atoms with van der Waals surface area (Å²) in [5, 5.41) is 7.10. The molecule has 0 aliphatic carbocycles. The molecule has 7 nitrogen and oxygen atoms in total. The molecule has 1 fully saturated rings. The second-order valence-electron chi connectivity index (χ2n) is 9.70. The highest BCUT2D eigenvalue weighted by atomic mass is 16.5. The Hall–Kier alpha value is -4.26. The molecule has 0 unspecified atom stereocenters. The van der Waals surface area contributed by atoms with Crippen LogP contribution in [0.5, 0.6) is 0 Å². The fourth-order valence-electron chi connectivity index (χ4n) is 4.54. The van der Waals surface area contributed by atoms with Crippen LogP contribution < -0.4 is 5.32 Å². The molecule has 1 aromatic heterocycles. The molecule has 1 aliphatic heterocycles. The average molecular weight is 495 g/mol. The van der Waals surface area contributed by atoms with Crippen LogP contribution in [-0.4, -0.2) is 39.9 Å². The Morgan fingerprint density at radius 2 is 1.57 bits per heavy atom. The number of carbonyl (C=O) groups is 2. The van der Waals surface area contributed by atoms with Gasteiger partial charge in [0.25, 0.3) is 11.8 Å². The lowest BCUT2D eigenvalue weighted by Gasteiger charge is -2.30. The van der Waals surface area contributed by atoms with Crippen LogP contribution in [0.3, 0.4) is 0 Å². The third-order valence-electron chi connectivity index (χ3n) is 6.83. The lowest BCUT2D eigenvalue weighted by atomic mass is 9.96. The normalized spacial score (nSPS) is 14.1. The highest BCUT2D eigenvalue weighted by Crippen LogP contribution is 2.29. The van der Waals surface area contributed by atoms with Gasteiger partial charge in [-0.25, -0.2) is 0 Å². The van der Waals surface area contributed by atoms with E-state index in [1.807, 2.05) is 71.6 Å². The molecule has 1 saturated heterocycles. The predicted octanol–water partition coefficient (Wildman–Crippen LogP) is 6.13. The summed E-state index contributed by atoms with van der Waals surface area (Å²) in [7, 11) is 0. The number of aromatic nitrogens is 2. The molecule has 37 heavy (non-hydrogen) atoms. The number of benzene rings is 3. The van der Waals surface area contributed by atoms with Gasteiger partial charge < -0.3 is 14.7 Å². The van der Waals surface area contributed by atoms with E-state index >= 15 is 0 Å². The molecular formula is C30H30N4O3. The van der Waals surface area contributed by atoms with E-state index in [-0.39, 0.29) is 17.7 Å². The minimum atomic E-state index is -0.172. The second-order valence-corrected chi connectivity index (χ2v) is 9.70. The van der Waals surface area contributed by atoms with Crippen molar-refractivity contribution < 1.29 is 14.1 Å². The SMILES string of the molecule is CC(C)c1ccc(NC(=O)c2ccc(-c3noc(C4CCN(C(=O)c5ccccc5)CC4)n3)cc2)cc1. The molecule has 2 heterocycles. The van der Waals surface area contributed by atoms with E-state index in [1.165, 1.54) is 5.56 Å². The number of amides is 2. The number of nitrogens with one attached hydrogen (secondary N) is 1. The van der Waals surface area contributed by atoms with Gasteiger partial charge in [-0.3, -0.25) is 9.59 Å². The van der Waals surface area contributed by atoms with Crippen LogP contribution in [-0.2, 0) is 0 Å². The lowest BCUT2D eigenvalue weighted by molar-refractivity contribution is 0.0704. The molecule has 0 atom stereocenters. The Balaban J connectivity index is 1.18. The van der Waals surface area contributed by atoms with Crippen molar-refractivity contribution in [3.8, 4) is 11.4 Å². The van der Waals surface area contributed by atoms with Crippen LogP contribution in [0.1, 0.15) is 70.7 Å². The number of carbonyl (C=O) groups excluding carboxylic acids is 2. The Morgan fingerprint density at radius 3 is 2.22 bits per heavy atom. The van der Waals surface area contributed by atoms with Gasteiger partial charge in [0.05, 0.1) is 0 Å². The quantitative estimate of drug-likeness (QED) is 0.348. The largest absolute Gasteiger partial charge is 0.339 e. The molecule has 0 spiro atoms. The fraction of sp³-hybridized carbons (Fsp3) is 0.267. The first-order valence-electron chi connectivity index (χ1n) is 12.7. The van der Waals surface area contributed by atoms with Crippen molar-refractivity contribution in [2.75, 3.05) is 18.4 Å². The first kappa shape index (κ1) is 24.4. The van der Waals surface area contributed by atoms with Crippen molar-refractivity contribution in [2.45, 2.75) is 38.5 Å². The van der Waals surface area contributed by atoms with E-state index in [1.54, 1.807) is 12.1 Å². The maximum absolute atomic E-state index is 12.7. The Kier molecular flexibility index (Phi) is 7.12. The summed E-state index contributed by atoms with van der Waals surface area (Å²) in [4.78, 5) is 31.9. The minimum absolute atomic E-state index is 0.0574. The van der Waals surface area contributed by atoms with Crippen LogP contribution in [0.15, 0.2) is 83.4 Å². The van der Waals surface area contributed by atoms with Gasteiger partial charge in [-0.15, -0.1) is 0 Å². The molecular weight excluding hydrogens is 464 g/mol. The number of hydrogen-bond acceptors (Lipinski definition) is 5. The molecule has 3 aromatic carbocycles. The first-order valence-corrected chi connectivity index (χ1v) is 12.7. The number of rotatable bonds is 6. The van der Waals surface area contributed by atoms with Crippen molar-refractivity contribution >= 4 is 17.5 Å². The topological polar surface area (TPSA) is 88.3 Å². The third-order valence-corrected chi connectivity index (χ3v) is 6.83. The summed E-state index contributed by atoms with van der Waals surface area (Å²) in [6.45, 7) is 5.58.